The highest BCUT2D eigenvalue weighted by Crippen LogP contribution is 2.28. The number of benzene rings is 1. The van der Waals surface area contributed by atoms with Gasteiger partial charge in [0.2, 0.25) is 0 Å². The molecule has 1 atom stereocenters. The number of nitriles is 1. The zero-order chi connectivity index (χ0) is 14.4. The summed E-state index contributed by atoms with van der Waals surface area (Å²) in [5.74, 6) is 1.09. The van der Waals surface area contributed by atoms with Crippen LogP contribution in [0.5, 0.6) is 0 Å². The molecule has 0 spiro atoms. The minimum atomic E-state index is -0.335. The van der Waals surface area contributed by atoms with Crippen molar-refractivity contribution in [1.29, 1.82) is 5.26 Å². The fourth-order valence-corrected chi connectivity index (χ4v) is 3.79. The molecule has 0 heterocycles. The van der Waals surface area contributed by atoms with Gasteiger partial charge in [0, 0.05) is 4.90 Å². The predicted octanol–water partition coefficient (Wildman–Crippen LogP) is 3.94. The third-order valence-corrected chi connectivity index (χ3v) is 5.46. The number of nitrogens with one attached hydrogen (secondary N) is 1. The molecular formula is C17H24N2S. The number of thioether (sulfide) groups is 1. The van der Waals surface area contributed by atoms with Crippen molar-refractivity contribution in [1.82, 2.24) is 5.32 Å². The van der Waals surface area contributed by atoms with E-state index in [1.54, 1.807) is 11.1 Å². The average molecular weight is 288 g/mol. The number of hydrogen-bond acceptors (Lipinski definition) is 3. The van der Waals surface area contributed by atoms with E-state index in [0.717, 1.165) is 25.0 Å². The van der Waals surface area contributed by atoms with Gasteiger partial charge in [0.1, 0.15) is 5.54 Å². The van der Waals surface area contributed by atoms with Crippen LogP contribution in [0.2, 0.25) is 0 Å². The van der Waals surface area contributed by atoms with Gasteiger partial charge in [0.25, 0.3) is 0 Å². The van der Waals surface area contributed by atoms with Crippen LogP contribution in [0.15, 0.2) is 23.1 Å². The lowest BCUT2D eigenvalue weighted by Crippen LogP contribution is -2.40. The molecule has 108 valence electrons. The fourth-order valence-electron chi connectivity index (χ4n) is 2.87. The topological polar surface area (TPSA) is 35.8 Å². The molecule has 1 aromatic carbocycles. The maximum Gasteiger partial charge on any atom is 0.106 e. The third kappa shape index (κ3) is 3.56. The first-order valence-corrected chi connectivity index (χ1v) is 8.56. The quantitative estimate of drug-likeness (QED) is 0.610. The van der Waals surface area contributed by atoms with Crippen LogP contribution in [-0.4, -0.2) is 18.3 Å². The van der Waals surface area contributed by atoms with Crippen molar-refractivity contribution in [3.8, 4) is 6.07 Å². The van der Waals surface area contributed by atoms with Gasteiger partial charge in [-0.15, -0.1) is 11.8 Å². The van der Waals surface area contributed by atoms with Gasteiger partial charge in [-0.1, -0.05) is 13.0 Å². The molecule has 0 bridgehead atoms. The van der Waals surface area contributed by atoms with Crippen LogP contribution < -0.4 is 5.32 Å². The average Bonchev–Trinajstić information content (AvgIpc) is 2.96. The minimum absolute atomic E-state index is 0.335. The molecule has 0 saturated carbocycles. The second-order valence-corrected chi connectivity index (χ2v) is 6.70. The SMILES string of the molecule is CCC(C#N)(CCCSc1ccc2c(c1)CCC2)NC. The Morgan fingerprint density at radius 3 is 2.85 bits per heavy atom. The summed E-state index contributed by atoms with van der Waals surface area (Å²) in [6.07, 6.45) is 6.68. The molecule has 0 fully saturated rings. The van der Waals surface area contributed by atoms with Crippen LogP contribution in [0.1, 0.15) is 43.7 Å². The van der Waals surface area contributed by atoms with Gasteiger partial charge in [0.05, 0.1) is 6.07 Å². The molecule has 1 unspecified atom stereocenters. The molecule has 1 aliphatic carbocycles. The number of rotatable bonds is 7. The molecule has 1 aliphatic rings. The zero-order valence-electron chi connectivity index (χ0n) is 12.5. The Morgan fingerprint density at radius 2 is 2.15 bits per heavy atom. The molecular weight excluding hydrogens is 264 g/mol. The van der Waals surface area contributed by atoms with Crippen LogP contribution in [0.4, 0.5) is 0 Å². The second kappa shape index (κ2) is 7.15. The molecule has 0 saturated heterocycles. The molecule has 0 amide bonds. The minimum Gasteiger partial charge on any atom is -0.302 e. The molecule has 3 heteroatoms. The monoisotopic (exact) mass is 288 g/mol. The highest BCUT2D eigenvalue weighted by atomic mass is 32.2. The van der Waals surface area contributed by atoms with E-state index in [4.69, 9.17) is 0 Å². The summed E-state index contributed by atoms with van der Waals surface area (Å²) in [4.78, 5) is 1.38. The highest BCUT2D eigenvalue weighted by molar-refractivity contribution is 7.99. The first kappa shape index (κ1) is 15.4. The van der Waals surface area contributed by atoms with Crippen molar-refractivity contribution in [2.24, 2.45) is 0 Å². The van der Waals surface area contributed by atoms with Crippen LogP contribution in [0.3, 0.4) is 0 Å². The van der Waals surface area contributed by atoms with Crippen LogP contribution in [-0.2, 0) is 12.8 Å². The summed E-state index contributed by atoms with van der Waals surface area (Å²) >= 11 is 1.92. The van der Waals surface area contributed by atoms with Gasteiger partial charge >= 0.3 is 0 Å². The maximum absolute atomic E-state index is 9.28. The lowest BCUT2D eigenvalue weighted by Gasteiger charge is -2.24. The van der Waals surface area contributed by atoms with Crippen LogP contribution in [0, 0.1) is 11.3 Å². The summed E-state index contributed by atoms with van der Waals surface area (Å²) in [5.41, 5.74) is 2.75. The fraction of sp³-hybridized carbons (Fsp3) is 0.588. The van der Waals surface area contributed by atoms with Gasteiger partial charge in [-0.2, -0.15) is 5.26 Å². The van der Waals surface area contributed by atoms with Gasteiger partial charge in [-0.05, 0) is 74.6 Å². The van der Waals surface area contributed by atoms with E-state index in [1.165, 1.54) is 24.2 Å². The van der Waals surface area contributed by atoms with Gasteiger partial charge < -0.3 is 5.32 Å². The van der Waals surface area contributed by atoms with E-state index >= 15 is 0 Å². The maximum atomic E-state index is 9.28. The van der Waals surface area contributed by atoms with E-state index in [0.29, 0.717) is 0 Å². The molecule has 2 nitrogen and oxygen atoms in total. The first-order chi connectivity index (χ1) is 9.73. The molecule has 0 aromatic heterocycles. The lowest BCUT2D eigenvalue weighted by atomic mass is 9.93. The van der Waals surface area contributed by atoms with Crippen molar-refractivity contribution in [2.75, 3.05) is 12.8 Å². The van der Waals surface area contributed by atoms with Crippen molar-refractivity contribution in [3.05, 3.63) is 29.3 Å². The number of fused-ring (bicyclic) bond motifs is 1. The number of nitrogens with zero attached hydrogens (tertiary/aromatic N) is 1. The van der Waals surface area contributed by atoms with E-state index in [9.17, 15) is 5.26 Å². The Labute approximate surface area is 127 Å². The third-order valence-electron chi connectivity index (χ3n) is 4.38. The molecule has 1 N–H and O–H groups in total. The van der Waals surface area contributed by atoms with Crippen molar-refractivity contribution in [3.63, 3.8) is 0 Å². The summed E-state index contributed by atoms with van der Waals surface area (Å²) in [6, 6.07) is 9.34. The summed E-state index contributed by atoms with van der Waals surface area (Å²) in [5, 5.41) is 12.5. The highest BCUT2D eigenvalue weighted by Gasteiger charge is 2.24. The number of aryl methyl sites for hydroxylation is 2. The van der Waals surface area contributed by atoms with Crippen molar-refractivity contribution >= 4 is 11.8 Å². The normalized spacial score (nSPS) is 16.4. The van der Waals surface area contributed by atoms with E-state index < -0.39 is 0 Å². The van der Waals surface area contributed by atoms with Gasteiger partial charge in [-0.25, -0.2) is 0 Å². The zero-order valence-corrected chi connectivity index (χ0v) is 13.4. The summed E-state index contributed by atoms with van der Waals surface area (Å²) < 4.78 is 0. The van der Waals surface area contributed by atoms with Crippen LogP contribution >= 0.6 is 11.8 Å². The standard InChI is InChI=1S/C17H24N2S/c1-3-17(13-18,19-2)10-5-11-20-16-9-8-14-6-4-7-15(14)12-16/h8-9,12,19H,3-7,10-11H2,1-2H3. The Balaban J connectivity index is 1.80. The summed E-state index contributed by atoms with van der Waals surface area (Å²) in [7, 11) is 1.89. The Morgan fingerprint density at radius 1 is 1.35 bits per heavy atom. The second-order valence-electron chi connectivity index (χ2n) is 5.53. The van der Waals surface area contributed by atoms with E-state index in [1.807, 2.05) is 18.8 Å². The number of hydrogen-bond donors (Lipinski definition) is 1. The smallest absolute Gasteiger partial charge is 0.106 e. The van der Waals surface area contributed by atoms with Crippen LogP contribution in [0.25, 0.3) is 0 Å². The van der Waals surface area contributed by atoms with E-state index in [-0.39, 0.29) is 5.54 Å². The van der Waals surface area contributed by atoms with E-state index in [2.05, 4.69) is 36.5 Å². The Kier molecular flexibility index (Phi) is 5.51. The summed E-state index contributed by atoms with van der Waals surface area (Å²) in [6.45, 7) is 2.08. The van der Waals surface area contributed by atoms with Gasteiger partial charge in [-0.3, -0.25) is 0 Å². The Hall–Kier alpha value is -0.980. The Bertz CT molecular complexity index is 486. The predicted molar refractivity (Wildman–Crippen MR) is 86.1 cm³/mol. The molecule has 20 heavy (non-hydrogen) atoms. The van der Waals surface area contributed by atoms with Crippen molar-refractivity contribution in [2.45, 2.75) is 55.9 Å². The molecule has 1 aromatic rings. The molecule has 0 aliphatic heterocycles. The first-order valence-electron chi connectivity index (χ1n) is 7.58. The van der Waals surface area contributed by atoms with Crippen molar-refractivity contribution < 1.29 is 0 Å². The molecule has 0 radical (unpaired) electrons. The van der Waals surface area contributed by atoms with Gasteiger partial charge in [0.15, 0.2) is 0 Å². The molecule has 2 rings (SSSR count). The lowest BCUT2D eigenvalue weighted by molar-refractivity contribution is 0.400. The largest absolute Gasteiger partial charge is 0.302 e.